The summed E-state index contributed by atoms with van der Waals surface area (Å²) in [5, 5.41) is 3.13. The summed E-state index contributed by atoms with van der Waals surface area (Å²) in [4.78, 5) is 11.4. The maximum Gasteiger partial charge on any atom is 0.138 e. The second kappa shape index (κ2) is 7.07. The zero-order valence-corrected chi connectivity index (χ0v) is 13.3. The van der Waals surface area contributed by atoms with Crippen molar-refractivity contribution in [3.05, 3.63) is 41.7 Å². The smallest absolute Gasteiger partial charge is 0.138 e. The van der Waals surface area contributed by atoms with Crippen molar-refractivity contribution in [2.24, 2.45) is 0 Å². The molecule has 0 unspecified atom stereocenters. The fraction of sp³-hybridized carbons (Fsp3) is 0.412. The number of rotatable bonds is 6. The number of hydrogen-bond acceptors (Lipinski definition) is 4. The second-order valence-corrected chi connectivity index (χ2v) is 5.11. The standard InChI is InChI=1S/C17H24N4/c1-5-7-15-19-16(18-4)12-17(20-15)21(6-2)14-10-8-13(3)9-11-14/h8-12H,5-7H2,1-4H3,(H,18,19,20). The number of aryl methyl sites for hydroxylation is 2. The van der Waals surface area contributed by atoms with E-state index in [4.69, 9.17) is 4.98 Å². The Hall–Kier alpha value is -2.10. The summed E-state index contributed by atoms with van der Waals surface area (Å²) in [5.74, 6) is 2.71. The first kappa shape index (κ1) is 15.3. The Labute approximate surface area is 127 Å². The number of aromatic nitrogens is 2. The van der Waals surface area contributed by atoms with E-state index in [9.17, 15) is 0 Å². The SMILES string of the molecule is CCCc1nc(NC)cc(N(CC)c2ccc(C)cc2)n1. The summed E-state index contributed by atoms with van der Waals surface area (Å²) in [6, 6.07) is 10.5. The van der Waals surface area contributed by atoms with E-state index in [1.807, 2.05) is 13.1 Å². The van der Waals surface area contributed by atoms with Crippen LogP contribution in [0.15, 0.2) is 30.3 Å². The molecule has 0 spiro atoms. The van der Waals surface area contributed by atoms with Crippen molar-refractivity contribution in [1.82, 2.24) is 9.97 Å². The molecule has 1 aromatic heterocycles. The molecule has 0 amide bonds. The molecular formula is C17H24N4. The van der Waals surface area contributed by atoms with E-state index >= 15 is 0 Å². The summed E-state index contributed by atoms with van der Waals surface area (Å²) < 4.78 is 0. The lowest BCUT2D eigenvalue weighted by atomic mass is 10.2. The highest BCUT2D eigenvalue weighted by atomic mass is 15.2. The van der Waals surface area contributed by atoms with E-state index in [1.54, 1.807) is 0 Å². The number of benzene rings is 1. The summed E-state index contributed by atoms with van der Waals surface area (Å²) in [6.45, 7) is 7.26. The average molecular weight is 284 g/mol. The first-order valence-electron chi connectivity index (χ1n) is 7.57. The van der Waals surface area contributed by atoms with Gasteiger partial charge in [-0.2, -0.15) is 0 Å². The van der Waals surface area contributed by atoms with Crippen molar-refractivity contribution in [1.29, 1.82) is 0 Å². The predicted molar refractivity (Wildman–Crippen MR) is 89.4 cm³/mol. The van der Waals surface area contributed by atoms with Gasteiger partial charge in [-0.15, -0.1) is 0 Å². The van der Waals surface area contributed by atoms with Gasteiger partial charge in [0.2, 0.25) is 0 Å². The number of nitrogens with one attached hydrogen (secondary N) is 1. The van der Waals surface area contributed by atoms with Gasteiger partial charge in [-0.25, -0.2) is 9.97 Å². The third kappa shape index (κ3) is 3.72. The highest BCUT2D eigenvalue weighted by Crippen LogP contribution is 2.25. The zero-order chi connectivity index (χ0) is 15.2. The van der Waals surface area contributed by atoms with Gasteiger partial charge >= 0.3 is 0 Å². The van der Waals surface area contributed by atoms with Crippen molar-refractivity contribution >= 4 is 17.3 Å². The van der Waals surface area contributed by atoms with Crippen molar-refractivity contribution in [2.45, 2.75) is 33.6 Å². The lowest BCUT2D eigenvalue weighted by Gasteiger charge is -2.23. The van der Waals surface area contributed by atoms with E-state index in [0.29, 0.717) is 0 Å². The topological polar surface area (TPSA) is 41.1 Å². The number of hydrogen-bond donors (Lipinski definition) is 1. The van der Waals surface area contributed by atoms with Crippen LogP contribution in [0.4, 0.5) is 17.3 Å². The quantitative estimate of drug-likeness (QED) is 0.872. The molecule has 1 aromatic carbocycles. The van der Waals surface area contributed by atoms with Gasteiger partial charge in [0, 0.05) is 31.8 Å². The normalized spacial score (nSPS) is 10.5. The molecular weight excluding hydrogens is 260 g/mol. The van der Waals surface area contributed by atoms with Gasteiger partial charge < -0.3 is 10.2 Å². The zero-order valence-electron chi connectivity index (χ0n) is 13.3. The van der Waals surface area contributed by atoms with E-state index < -0.39 is 0 Å². The molecule has 0 radical (unpaired) electrons. The first-order valence-corrected chi connectivity index (χ1v) is 7.57. The van der Waals surface area contributed by atoms with Crippen LogP contribution in [-0.2, 0) is 6.42 Å². The van der Waals surface area contributed by atoms with Crippen LogP contribution >= 0.6 is 0 Å². The summed E-state index contributed by atoms with van der Waals surface area (Å²) >= 11 is 0. The fourth-order valence-corrected chi connectivity index (χ4v) is 2.29. The van der Waals surface area contributed by atoms with E-state index in [2.05, 4.69) is 60.2 Å². The minimum Gasteiger partial charge on any atom is -0.373 e. The van der Waals surface area contributed by atoms with Crippen LogP contribution in [0.5, 0.6) is 0 Å². The molecule has 1 N–H and O–H groups in total. The van der Waals surface area contributed by atoms with Crippen LogP contribution in [0, 0.1) is 6.92 Å². The molecule has 2 rings (SSSR count). The van der Waals surface area contributed by atoms with Gasteiger partial charge in [0.1, 0.15) is 17.5 Å². The maximum atomic E-state index is 4.72. The lowest BCUT2D eigenvalue weighted by Crippen LogP contribution is -2.18. The highest BCUT2D eigenvalue weighted by Gasteiger charge is 2.11. The summed E-state index contributed by atoms with van der Waals surface area (Å²) in [7, 11) is 1.89. The molecule has 0 aliphatic carbocycles. The van der Waals surface area contributed by atoms with Crippen molar-refractivity contribution in [3.8, 4) is 0 Å². The van der Waals surface area contributed by atoms with Gasteiger partial charge in [-0.1, -0.05) is 24.6 Å². The van der Waals surface area contributed by atoms with Gasteiger partial charge in [0.05, 0.1) is 0 Å². The minimum absolute atomic E-state index is 0.869. The lowest BCUT2D eigenvalue weighted by molar-refractivity contribution is 0.827. The summed E-state index contributed by atoms with van der Waals surface area (Å²) in [5.41, 5.74) is 2.42. The molecule has 0 fully saturated rings. The van der Waals surface area contributed by atoms with Gasteiger partial charge in [0.15, 0.2) is 0 Å². The predicted octanol–water partition coefficient (Wildman–Crippen LogP) is 3.94. The molecule has 2 aromatic rings. The van der Waals surface area contributed by atoms with Crippen LogP contribution in [0.2, 0.25) is 0 Å². The molecule has 0 bridgehead atoms. The van der Waals surface area contributed by atoms with Crippen LogP contribution < -0.4 is 10.2 Å². The molecule has 0 aliphatic rings. The molecule has 0 saturated heterocycles. The second-order valence-electron chi connectivity index (χ2n) is 5.11. The monoisotopic (exact) mass is 284 g/mol. The Bertz CT molecular complexity index is 578. The Kier molecular flexibility index (Phi) is 5.14. The molecule has 21 heavy (non-hydrogen) atoms. The third-order valence-electron chi connectivity index (χ3n) is 3.43. The first-order chi connectivity index (χ1) is 10.2. The molecule has 0 saturated carbocycles. The summed E-state index contributed by atoms with van der Waals surface area (Å²) in [6.07, 6.45) is 1.94. The molecule has 0 aliphatic heterocycles. The van der Waals surface area contributed by atoms with Gasteiger partial charge in [0.25, 0.3) is 0 Å². The Morgan fingerprint density at radius 3 is 2.38 bits per heavy atom. The highest BCUT2D eigenvalue weighted by molar-refractivity contribution is 5.62. The van der Waals surface area contributed by atoms with Crippen molar-refractivity contribution in [2.75, 3.05) is 23.8 Å². The number of anilines is 3. The van der Waals surface area contributed by atoms with Crippen LogP contribution in [0.1, 0.15) is 31.7 Å². The van der Waals surface area contributed by atoms with Crippen molar-refractivity contribution < 1.29 is 0 Å². The largest absolute Gasteiger partial charge is 0.373 e. The maximum absolute atomic E-state index is 4.72. The molecule has 4 nitrogen and oxygen atoms in total. The minimum atomic E-state index is 0.869. The molecule has 1 heterocycles. The fourth-order valence-electron chi connectivity index (χ4n) is 2.29. The van der Waals surface area contributed by atoms with Crippen molar-refractivity contribution in [3.63, 3.8) is 0 Å². The van der Waals surface area contributed by atoms with Crippen LogP contribution in [0.25, 0.3) is 0 Å². The average Bonchev–Trinajstić information content (AvgIpc) is 2.50. The Morgan fingerprint density at radius 1 is 1.10 bits per heavy atom. The van der Waals surface area contributed by atoms with Crippen LogP contribution in [0.3, 0.4) is 0 Å². The van der Waals surface area contributed by atoms with E-state index in [1.165, 1.54) is 5.56 Å². The third-order valence-corrected chi connectivity index (χ3v) is 3.43. The van der Waals surface area contributed by atoms with Gasteiger partial charge in [-0.05, 0) is 32.4 Å². The Morgan fingerprint density at radius 2 is 1.81 bits per heavy atom. The van der Waals surface area contributed by atoms with E-state index in [0.717, 1.165) is 42.5 Å². The number of nitrogens with zero attached hydrogens (tertiary/aromatic N) is 3. The van der Waals surface area contributed by atoms with Crippen LogP contribution in [-0.4, -0.2) is 23.6 Å². The molecule has 4 heteroatoms. The molecule has 112 valence electrons. The van der Waals surface area contributed by atoms with E-state index in [-0.39, 0.29) is 0 Å². The Balaban J connectivity index is 2.40. The molecule has 0 atom stereocenters. The van der Waals surface area contributed by atoms with Gasteiger partial charge in [-0.3, -0.25) is 0 Å².